The third-order valence-electron chi connectivity index (χ3n) is 3.89. The van der Waals surface area contributed by atoms with Gasteiger partial charge in [-0.2, -0.15) is 0 Å². The normalized spacial score (nSPS) is 24.0. The molecular weight excluding hydrogens is 248 g/mol. The van der Waals surface area contributed by atoms with Crippen molar-refractivity contribution in [2.45, 2.75) is 45.1 Å². The van der Waals surface area contributed by atoms with Crippen LogP contribution in [0.5, 0.6) is 5.75 Å². The molecule has 0 saturated heterocycles. The van der Waals surface area contributed by atoms with Gasteiger partial charge in [0.2, 0.25) is 0 Å². The lowest BCUT2D eigenvalue weighted by atomic mass is 9.83. The van der Waals surface area contributed by atoms with Crippen LogP contribution in [-0.2, 0) is 6.42 Å². The highest BCUT2D eigenvalue weighted by atomic mass is 35.5. The minimum atomic E-state index is -0.0928. The van der Waals surface area contributed by atoms with Crippen LogP contribution >= 0.6 is 11.6 Å². The summed E-state index contributed by atoms with van der Waals surface area (Å²) < 4.78 is 5.44. The molecule has 1 aromatic rings. The molecule has 0 bridgehead atoms. The molecule has 1 aliphatic carbocycles. The molecule has 1 aromatic carbocycles. The smallest absolute Gasteiger partial charge is 0.122 e. The molecule has 0 amide bonds. The van der Waals surface area contributed by atoms with Crippen LogP contribution in [0.4, 0.5) is 0 Å². The molecule has 18 heavy (non-hydrogen) atoms. The van der Waals surface area contributed by atoms with Crippen LogP contribution in [0.3, 0.4) is 0 Å². The SMILES string of the molecule is COc1cc(C)c(Cl)cc1CC1CCC(O)CC1. The molecule has 2 nitrogen and oxygen atoms in total. The van der Waals surface area contributed by atoms with E-state index in [1.165, 1.54) is 5.56 Å². The van der Waals surface area contributed by atoms with Crippen molar-refractivity contribution < 1.29 is 9.84 Å². The van der Waals surface area contributed by atoms with Crippen LogP contribution in [0, 0.1) is 12.8 Å². The fourth-order valence-corrected chi connectivity index (χ4v) is 2.89. The summed E-state index contributed by atoms with van der Waals surface area (Å²) in [4.78, 5) is 0. The average Bonchev–Trinajstić information content (AvgIpc) is 2.36. The molecule has 1 N–H and O–H groups in total. The Hall–Kier alpha value is -0.730. The second kappa shape index (κ2) is 5.94. The third-order valence-corrected chi connectivity index (χ3v) is 4.29. The molecule has 0 heterocycles. The van der Waals surface area contributed by atoms with E-state index in [4.69, 9.17) is 16.3 Å². The van der Waals surface area contributed by atoms with Crippen LogP contribution < -0.4 is 4.74 Å². The summed E-state index contributed by atoms with van der Waals surface area (Å²) in [5, 5.41) is 10.3. The van der Waals surface area contributed by atoms with Crippen molar-refractivity contribution in [2.75, 3.05) is 7.11 Å². The van der Waals surface area contributed by atoms with Gasteiger partial charge in [0.05, 0.1) is 13.2 Å². The molecular formula is C15H21ClO2. The highest BCUT2D eigenvalue weighted by Crippen LogP contribution is 2.33. The molecule has 0 aliphatic heterocycles. The lowest BCUT2D eigenvalue weighted by molar-refractivity contribution is 0.108. The topological polar surface area (TPSA) is 29.5 Å². The first-order valence-corrected chi connectivity index (χ1v) is 6.99. The van der Waals surface area contributed by atoms with Crippen LogP contribution in [0.15, 0.2) is 12.1 Å². The van der Waals surface area contributed by atoms with Gasteiger partial charge in [0, 0.05) is 5.02 Å². The zero-order valence-corrected chi connectivity index (χ0v) is 11.8. The number of hydrogen-bond acceptors (Lipinski definition) is 2. The van der Waals surface area contributed by atoms with Crippen molar-refractivity contribution in [2.24, 2.45) is 5.92 Å². The predicted octanol–water partition coefficient (Wildman–Crippen LogP) is 3.75. The molecule has 2 rings (SSSR count). The van der Waals surface area contributed by atoms with E-state index in [2.05, 4.69) is 0 Å². The Labute approximate surface area is 114 Å². The monoisotopic (exact) mass is 268 g/mol. The van der Waals surface area contributed by atoms with Crippen molar-refractivity contribution >= 4 is 11.6 Å². The summed E-state index contributed by atoms with van der Waals surface area (Å²) in [7, 11) is 1.71. The molecule has 0 aromatic heterocycles. The Balaban J connectivity index is 2.10. The van der Waals surface area contributed by atoms with Crippen LogP contribution in [0.2, 0.25) is 5.02 Å². The van der Waals surface area contributed by atoms with Crippen molar-refractivity contribution in [3.8, 4) is 5.75 Å². The first-order valence-electron chi connectivity index (χ1n) is 6.61. The Kier molecular flexibility index (Phi) is 4.52. The lowest BCUT2D eigenvalue weighted by Gasteiger charge is -2.26. The minimum Gasteiger partial charge on any atom is -0.496 e. The number of methoxy groups -OCH3 is 1. The maximum atomic E-state index is 9.53. The predicted molar refractivity (Wildman–Crippen MR) is 74.4 cm³/mol. The Morgan fingerprint density at radius 3 is 2.56 bits per heavy atom. The first kappa shape index (κ1) is 13.7. The number of aliphatic hydroxyl groups is 1. The number of hydrogen-bond donors (Lipinski definition) is 1. The summed E-state index contributed by atoms with van der Waals surface area (Å²) in [6, 6.07) is 4.04. The van der Waals surface area contributed by atoms with Gasteiger partial charge in [0.1, 0.15) is 5.75 Å². The van der Waals surface area contributed by atoms with Gasteiger partial charge in [-0.3, -0.25) is 0 Å². The molecule has 0 spiro atoms. The van der Waals surface area contributed by atoms with Gasteiger partial charge < -0.3 is 9.84 Å². The number of aliphatic hydroxyl groups excluding tert-OH is 1. The zero-order chi connectivity index (χ0) is 13.1. The molecule has 3 heteroatoms. The van der Waals surface area contributed by atoms with Gasteiger partial charge >= 0.3 is 0 Å². The van der Waals surface area contributed by atoms with E-state index in [1.54, 1.807) is 7.11 Å². The molecule has 100 valence electrons. The largest absolute Gasteiger partial charge is 0.496 e. The number of ether oxygens (including phenoxy) is 1. The lowest BCUT2D eigenvalue weighted by Crippen LogP contribution is -2.19. The van der Waals surface area contributed by atoms with Gasteiger partial charge in [-0.15, -0.1) is 0 Å². The molecule has 0 unspecified atom stereocenters. The maximum Gasteiger partial charge on any atom is 0.122 e. The van der Waals surface area contributed by atoms with Crippen LogP contribution in [0.25, 0.3) is 0 Å². The van der Waals surface area contributed by atoms with Gasteiger partial charge in [-0.05, 0) is 68.2 Å². The van der Waals surface area contributed by atoms with E-state index in [9.17, 15) is 5.11 Å². The molecule has 1 aliphatic rings. The summed E-state index contributed by atoms with van der Waals surface area (Å²) in [6.07, 6.45) is 4.94. The number of halogens is 1. The van der Waals surface area contributed by atoms with Gasteiger partial charge in [0.15, 0.2) is 0 Å². The zero-order valence-electron chi connectivity index (χ0n) is 11.1. The molecule has 1 saturated carbocycles. The Morgan fingerprint density at radius 2 is 1.94 bits per heavy atom. The standard InChI is InChI=1S/C15H21ClO2/c1-10-7-15(18-2)12(9-14(10)16)8-11-3-5-13(17)6-4-11/h7,9,11,13,17H,3-6,8H2,1-2H3. The Morgan fingerprint density at radius 1 is 1.28 bits per heavy atom. The molecule has 0 atom stereocenters. The summed E-state index contributed by atoms with van der Waals surface area (Å²) in [6.45, 7) is 1.99. The van der Waals surface area contributed by atoms with Crippen molar-refractivity contribution in [3.63, 3.8) is 0 Å². The van der Waals surface area contributed by atoms with E-state index in [1.807, 2.05) is 19.1 Å². The summed E-state index contributed by atoms with van der Waals surface area (Å²) in [5.74, 6) is 1.57. The Bertz CT molecular complexity index is 409. The van der Waals surface area contributed by atoms with E-state index in [0.29, 0.717) is 5.92 Å². The van der Waals surface area contributed by atoms with E-state index >= 15 is 0 Å². The average molecular weight is 269 g/mol. The van der Waals surface area contributed by atoms with Crippen LogP contribution in [0.1, 0.15) is 36.8 Å². The van der Waals surface area contributed by atoms with Gasteiger partial charge in [-0.25, -0.2) is 0 Å². The van der Waals surface area contributed by atoms with Crippen LogP contribution in [-0.4, -0.2) is 18.3 Å². The number of benzene rings is 1. The first-order chi connectivity index (χ1) is 8.60. The third kappa shape index (κ3) is 3.18. The fourth-order valence-electron chi connectivity index (χ4n) is 2.71. The summed E-state index contributed by atoms with van der Waals surface area (Å²) in [5.41, 5.74) is 2.24. The summed E-state index contributed by atoms with van der Waals surface area (Å²) >= 11 is 6.19. The highest BCUT2D eigenvalue weighted by Gasteiger charge is 2.21. The quantitative estimate of drug-likeness (QED) is 0.905. The van der Waals surface area contributed by atoms with Crippen molar-refractivity contribution in [1.29, 1.82) is 0 Å². The maximum absolute atomic E-state index is 9.53. The van der Waals surface area contributed by atoms with E-state index in [-0.39, 0.29) is 6.10 Å². The molecule has 1 fully saturated rings. The van der Waals surface area contributed by atoms with E-state index in [0.717, 1.165) is 48.4 Å². The van der Waals surface area contributed by atoms with Gasteiger partial charge in [-0.1, -0.05) is 11.6 Å². The van der Waals surface area contributed by atoms with Gasteiger partial charge in [0.25, 0.3) is 0 Å². The highest BCUT2D eigenvalue weighted by molar-refractivity contribution is 6.31. The number of aryl methyl sites for hydroxylation is 1. The second-order valence-corrected chi connectivity index (χ2v) is 5.70. The second-order valence-electron chi connectivity index (χ2n) is 5.29. The molecule has 0 radical (unpaired) electrons. The van der Waals surface area contributed by atoms with E-state index < -0.39 is 0 Å². The van der Waals surface area contributed by atoms with Crippen molar-refractivity contribution in [1.82, 2.24) is 0 Å². The minimum absolute atomic E-state index is 0.0928. The number of rotatable bonds is 3. The van der Waals surface area contributed by atoms with Crippen molar-refractivity contribution in [3.05, 3.63) is 28.3 Å². The fraction of sp³-hybridized carbons (Fsp3) is 0.600.